The number of hydrogen-bond donors (Lipinski definition) is 0. The highest BCUT2D eigenvalue weighted by atomic mass is 31.0. The Morgan fingerprint density at radius 1 is 1.50 bits per heavy atom. The number of nitrogens with zero attached hydrogens (tertiary/aromatic N) is 1. The van der Waals surface area contributed by atoms with Crippen LogP contribution in [-0.4, -0.2) is 29.7 Å². The highest BCUT2D eigenvalue weighted by Crippen LogP contribution is 2.17. The molecule has 0 aliphatic carbocycles. The van der Waals surface area contributed by atoms with Crippen molar-refractivity contribution < 1.29 is 0 Å². The van der Waals surface area contributed by atoms with Crippen LogP contribution in [0.3, 0.4) is 0 Å². The Kier molecular flexibility index (Phi) is 1.89. The molecule has 1 aliphatic rings. The molecule has 0 N–H and O–H groups in total. The molecule has 2 heteroatoms. The molecule has 1 rings (SSSR count). The summed E-state index contributed by atoms with van der Waals surface area (Å²) in [7, 11) is 2.85. The summed E-state index contributed by atoms with van der Waals surface area (Å²) in [6, 6.07) is 0.756. The number of hydrogen-bond acceptors (Lipinski definition) is 1. The van der Waals surface area contributed by atoms with E-state index in [-0.39, 0.29) is 0 Å². The fraction of sp³-hybridized carbons (Fsp3) is 1.00. The lowest BCUT2D eigenvalue weighted by Crippen LogP contribution is -2.50. The fourth-order valence-electron chi connectivity index (χ4n) is 0.971. The molecule has 1 aliphatic heterocycles. The summed E-state index contributed by atoms with van der Waals surface area (Å²) in [4.78, 5) is 2.47. The maximum Gasteiger partial charge on any atom is 0.00596 e. The first kappa shape index (κ1) is 6.51. The normalized spacial score (nSPS) is 24.0. The van der Waals surface area contributed by atoms with Crippen molar-refractivity contribution in [2.24, 2.45) is 0 Å². The first-order valence-corrected chi connectivity index (χ1v) is 3.86. The third kappa shape index (κ3) is 1.21. The smallest absolute Gasteiger partial charge is 0.00596 e. The van der Waals surface area contributed by atoms with E-state index in [2.05, 4.69) is 28.0 Å². The van der Waals surface area contributed by atoms with Gasteiger partial charge in [-0.05, 0) is 19.5 Å². The van der Waals surface area contributed by atoms with Gasteiger partial charge in [-0.2, -0.15) is 0 Å². The first-order chi connectivity index (χ1) is 3.70. The van der Waals surface area contributed by atoms with E-state index in [9.17, 15) is 0 Å². The third-order valence-corrected chi connectivity index (χ3v) is 2.09. The summed E-state index contributed by atoms with van der Waals surface area (Å²) in [5, 5.41) is 0. The van der Waals surface area contributed by atoms with Crippen LogP contribution in [0.4, 0.5) is 0 Å². The molecule has 0 amide bonds. The number of likely N-dealkylation sites (tertiary alicyclic amines) is 1. The van der Waals surface area contributed by atoms with Crippen LogP contribution in [0.5, 0.6) is 0 Å². The van der Waals surface area contributed by atoms with Gasteiger partial charge in [0.25, 0.3) is 0 Å². The molecular weight excluding hydrogens is 117 g/mol. The maximum absolute atomic E-state index is 2.85. The van der Waals surface area contributed by atoms with Crippen molar-refractivity contribution in [3.8, 4) is 0 Å². The van der Waals surface area contributed by atoms with E-state index >= 15 is 0 Å². The standard InChI is InChI=1S/C6H14NP/c1-5(2)7-3-6(8)4-7/h5-6H,3-4,8H2,1-2H3. The van der Waals surface area contributed by atoms with Crippen molar-refractivity contribution in [2.75, 3.05) is 13.1 Å². The molecular formula is C6H14NP. The average molecular weight is 131 g/mol. The van der Waals surface area contributed by atoms with Gasteiger partial charge in [0.05, 0.1) is 0 Å². The molecule has 1 atom stereocenters. The summed E-state index contributed by atoms with van der Waals surface area (Å²) < 4.78 is 0. The second-order valence-electron chi connectivity index (χ2n) is 2.81. The van der Waals surface area contributed by atoms with E-state index in [0.717, 1.165) is 11.7 Å². The molecule has 1 unspecified atom stereocenters. The Bertz CT molecular complexity index is 76.6. The maximum atomic E-state index is 2.85. The topological polar surface area (TPSA) is 3.24 Å². The van der Waals surface area contributed by atoms with Gasteiger partial charge in [-0.3, -0.25) is 4.90 Å². The Morgan fingerprint density at radius 3 is 2.12 bits per heavy atom. The minimum absolute atomic E-state index is 0.756. The van der Waals surface area contributed by atoms with E-state index in [1.54, 1.807) is 0 Å². The Morgan fingerprint density at radius 2 is 2.00 bits per heavy atom. The zero-order valence-electron chi connectivity index (χ0n) is 5.59. The fourth-order valence-corrected chi connectivity index (χ4v) is 1.51. The van der Waals surface area contributed by atoms with Crippen LogP contribution in [0.15, 0.2) is 0 Å². The van der Waals surface area contributed by atoms with Crippen molar-refractivity contribution in [1.29, 1.82) is 0 Å². The van der Waals surface area contributed by atoms with Crippen LogP contribution in [-0.2, 0) is 0 Å². The van der Waals surface area contributed by atoms with Gasteiger partial charge < -0.3 is 0 Å². The quantitative estimate of drug-likeness (QED) is 0.479. The Labute approximate surface area is 53.6 Å². The van der Waals surface area contributed by atoms with E-state index < -0.39 is 0 Å². The first-order valence-electron chi connectivity index (χ1n) is 3.20. The average Bonchev–Trinajstić information content (AvgIpc) is 1.57. The van der Waals surface area contributed by atoms with Crippen LogP contribution in [0.1, 0.15) is 13.8 Å². The van der Waals surface area contributed by atoms with Gasteiger partial charge in [-0.25, -0.2) is 0 Å². The summed E-state index contributed by atoms with van der Waals surface area (Å²) in [5.74, 6) is 0. The molecule has 0 bridgehead atoms. The van der Waals surface area contributed by atoms with Gasteiger partial charge >= 0.3 is 0 Å². The van der Waals surface area contributed by atoms with Crippen LogP contribution in [0, 0.1) is 0 Å². The SMILES string of the molecule is CC(C)N1CC(P)C1. The molecule has 0 radical (unpaired) electrons. The van der Waals surface area contributed by atoms with E-state index in [4.69, 9.17) is 0 Å². The van der Waals surface area contributed by atoms with Crippen LogP contribution < -0.4 is 0 Å². The van der Waals surface area contributed by atoms with Crippen molar-refractivity contribution in [3.63, 3.8) is 0 Å². The highest BCUT2D eigenvalue weighted by Gasteiger charge is 2.23. The van der Waals surface area contributed by atoms with E-state index in [1.165, 1.54) is 13.1 Å². The minimum atomic E-state index is 0.756. The second kappa shape index (κ2) is 2.33. The summed E-state index contributed by atoms with van der Waals surface area (Å²) in [6.45, 7) is 7.05. The molecule has 8 heavy (non-hydrogen) atoms. The Balaban J connectivity index is 2.15. The van der Waals surface area contributed by atoms with Gasteiger partial charge in [0.1, 0.15) is 0 Å². The lowest BCUT2D eigenvalue weighted by atomic mass is 10.1. The van der Waals surface area contributed by atoms with Crippen molar-refractivity contribution in [2.45, 2.75) is 25.5 Å². The molecule has 0 aromatic heterocycles. The molecule has 1 fully saturated rings. The van der Waals surface area contributed by atoms with Crippen LogP contribution in [0.2, 0.25) is 0 Å². The molecule has 1 saturated heterocycles. The van der Waals surface area contributed by atoms with E-state index in [1.807, 2.05) is 0 Å². The zero-order chi connectivity index (χ0) is 6.15. The zero-order valence-corrected chi connectivity index (χ0v) is 6.75. The summed E-state index contributed by atoms with van der Waals surface area (Å²) >= 11 is 0. The van der Waals surface area contributed by atoms with Crippen molar-refractivity contribution >= 4 is 9.24 Å². The molecule has 0 aromatic rings. The second-order valence-corrected chi connectivity index (χ2v) is 3.75. The summed E-state index contributed by atoms with van der Waals surface area (Å²) in [6.07, 6.45) is 0. The van der Waals surface area contributed by atoms with Crippen molar-refractivity contribution in [1.82, 2.24) is 4.90 Å². The minimum Gasteiger partial charge on any atom is -0.300 e. The third-order valence-electron chi connectivity index (χ3n) is 1.67. The van der Waals surface area contributed by atoms with E-state index in [0.29, 0.717) is 0 Å². The predicted octanol–water partition coefficient (Wildman–Crippen LogP) is 0.954. The molecule has 0 aromatic carbocycles. The molecule has 0 saturated carbocycles. The molecule has 1 nitrogen and oxygen atoms in total. The lowest BCUT2D eigenvalue weighted by molar-refractivity contribution is 0.146. The van der Waals surface area contributed by atoms with Crippen molar-refractivity contribution in [3.05, 3.63) is 0 Å². The summed E-state index contributed by atoms with van der Waals surface area (Å²) in [5.41, 5.74) is 0.873. The van der Waals surface area contributed by atoms with Crippen LogP contribution >= 0.6 is 9.24 Å². The van der Waals surface area contributed by atoms with Gasteiger partial charge in [-0.1, -0.05) is 0 Å². The number of rotatable bonds is 1. The van der Waals surface area contributed by atoms with Crippen LogP contribution in [0.25, 0.3) is 0 Å². The van der Waals surface area contributed by atoms with Gasteiger partial charge in [-0.15, -0.1) is 9.24 Å². The highest BCUT2D eigenvalue weighted by molar-refractivity contribution is 7.17. The molecule has 1 heterocycles. The molecule has 0 spiro atoms. The van der Waals surface area contributed by atoms with Gasteiger partial charge in [0.2, 0.25) is 0 Å². The lowest BCUT2D eigenvalue weighted by Gasteiger charge is -2.40. The largest absolute Gasteiger partial charge is 0.300 e. The monoisotopic (exact) mass is 131 g/mol. The van der Waals surface area contributed by atoms with Gasteiger partial charge in [0.15, 0.2) is 0 Å². The van der Waals surface area contributed by atoms with Gasteiger partial charge in [0, 0.05) is 19.1 Å². The molecule has 48 valence electrons. The Hall–Kier alpha value is 0.390. The predicted molar refractivity (Wildman–Crippen MR) is 40.2 cm³/mol.